The maximum atomic E-state index is 9.10. The van der Waals surface area contributed by atoms with E-state index in [1.54, 1.807) is 0 Å². The van der Waals surface area contributed by atoms with E-state index in [0.29, 0.717) is 0 Å². The number of hydrogen-bond acceptors (Lipinski definition) is 6. The van der Waals surface area contributed by atoms with Crippen LogP contribution in [0.5, 0.6) is 0 Å². The van der Waals surface area contributed by atoms with Crippen LogP contribution in [0.1, 0.15) is 0 Å². The molecule has 0 fully saturated rings. The summed E-state index contributed by atoms with van der Waals surface area (Å²) in [5.74, 6) is -3.65. The first-order chi connectivity index (χ1) is 4.37. The number of hydrogen-bond donors (Lipinski definition) is 6. The predicted molar refractivity (Wildman–Crippen MR) is 32.7 cm³/mol. The van der Waals surface area contributed by atoms with E-state index in [1.165, 1.54) is 0 Å². The Morgan fingerprint density at radius 2 is 1.00 bits per heavy atom. The molecule has 0 aliphatic carbocycles. The average molecular weight is 169 g/mol. The number of aliphatic carboxylic acids is 2. The Hall–Kier alpha value is -1.16. The third kappa shape index (κ3) is 51.2. The molecular weight excluding hydrogens is 161 g/mol. The summed E-state index contributed by atoms with van der Waals surface area (Å²) in [6.07, 6.45) is 0. The lowest BCUT2D eigenvalue weighted by Gasteiger charge is -1.72. The van der Waals surface area contributed by atoms with Crippen LogP contribution in [0, 0.1) is 0 Å². The lowest BCUT2D eigenvalue weighted by molar-refractivity contribution is -0.159. The third-order valence-corrected chi connectivity index (χ3v) is 0.183. The minimum atomic E-state index is -2.17. The van der Waals surface area contributed by atoms with Crippen molar-refractivity contribution in [3.05, 3.63) is 0 Å². The Morgan fingerprint density at radius 1 is 0.909 bits per heavy atom. The average Bonchev–Trinajstić information content (AvgIpc) is 1.63. The number of carboxylic acids is 2. The minimum absolute atomic E-state index is 0. The zero-order chi connectivity index (χ0) is 8.73. The zero-order valence-electron chi connectivity index (χ0n) is 5.34. The molecule has 8 nitrogen and oxygen atoms in total. The fourth-order valence-electron chi connectivity index (χ4n) is 0. The van der Waals surface area contributed by atoms with E-state index < -0.39 is 19.3 Å². The maximum absolute atomic E-state index is 9.10. The molecule has 0 rings (SSSR count). The summed E-state index contributed by atoms with van der Waals surface area (Å²) in [6.45, 7) is 0. The van der Waals surface area contributed by atoms with Gasteiger partial charge in [-0.15, -0.1) is 0 Å². The molecule has 0 atom stereocenters. The lowest BCUT2D eigenvalue weighted by atomic mass is 10.3. The second kappa shape index (κ2) is 8.84. The number of carbonyl (C=O) groups is 2. The Kier molecular flexibility index (Phi) is 13.2. The Labute approximate surface area is 61.5 Å². The van der Waals surface area contributed by atoms with Gasteiger partial charge in [-0.2, -0.15) is 0 Å². The van der Waals surface area contributed by atoms with E-state index in [4.69, 9.17) is 34.9 Å². The van der Waals surface area contributed by atoms with Crippen molar-refractivity contribution in [2.75, 3.05) is 0 Å². The largest absolute Gasteiger partial charge is 0.631 e. The van der Waals surface area contributed by atoms with Gasteiger partial charge in [-0.25, -0.2) is 9.59 Å². The van der Waals surface area contributed by atoms with Gasteiger partial charge in [-0.3, -0.25) is 0 Å². The van der Waals surface area contributed by atoms with Crippen LogP contribution in [0.3, 0.4) is 0 Å². The summed E-state index contributed by atoms with van der Waals surface area (Å²) in [7, 11) is -2.17. The molecule has 11 heavy (non-hydrogen) atoms. The SMILES string of the molecule is N.O=C(O)C(=O)O.OB(O)O. The van der Waals surface area contributed by atoms with Crippen LogP contribution in [-0.2, 0) is 9.59 Å². The van der Waals surface area contributed by atoms with Crippen molar-refractivity contribution in [2.24, 2.45) is 0 Å². The van der Waals surface area contributed by atoms with Crippen LogP contribution >= 0.6 is 0 Å². The highest BCUT2D eigenvalue weighted by atomic mass is 16.5. The predicted octanol–water partition coefficient (Wildman–Crippen LogP) is -2.73. The molecule has 9 heteroatoms. The smallest absolute Gasteiger partial charge is 0.473 e. The van der Waals surface area contributed by atoms with Crippen LogP contribution in [0.25, 0.3) is 0 Å². The first kappa shape index (κ1) is 16.4. The fraction of sp³-hybridized carbons (Fsp3) is 0. The van der Waals surface area contributed by atoms with Crippen LogP contribution < -0.4 is 6.15 Å². The molecule has 8 N–H and O–H groups in total. The Bertz CT molecular complexity index is 109. The summed E-state index contributed by atoms with van der Waals surface area (Å²) in [5, 5.41) is 36.3. The quantitative estimate of drug-likeness (QED) is 0.167. The molecule has 0 heterocycles. The van der Waals surface area contributed by atoms with Gasteiger partial charge in [-0.05, 0) is 0 Å². The van der Waals surface area contributed by atoms with E-state index in [-0.39, 0.29) is 6.15 Å². The van der Waals surface area contributed by atoms with Crippen LogP contribution in [0.15, 0.2) is 0 Å². The normalized spacial score (nSPS) is 6.45. The molecule has 66 valence electrons. The van der Waals surface area contributed by atoms with Crippen LogP contribution in [0.2, 0.25) is 0 Å². The van der Waals surface area contributed by atoms with Crippen LogP contribution in [0.4, 0.5) is 0 Å². The molecule has 0 spiro atoms. The molecule has 0 saturated carbocycles. The van der Waals surface area contributed by atoms with E-state index in [1.807, 2.05) is 0 Å². The van der Waals surface area contributed by atoms with Gasteiger partial charge >= 0.3 is 19.3 Å². The maximum Gasteiger partial charge on any atom is 0.631 e. The number of carboxylic acid groups (broad SMARTS) is 2. The van der Waals surface area contributed by atoms with E-state index in [9.17, 15) is 0 Å². The van der Waals surface area contributed by atoms with Crippen molar-refractivity contribution < 1.29 is 34.9 Å². The second-order valence-corrected chi connectivity index (χ2v) is 0.957. The van der Waals surface area contributed by atoms with E-state index in [2.05, 4.69) is 0 Å². The topological polar surface area (TPSA) is 170 Å². The van der Waals surface area contributed by atoms with Crippen LogP contribution in [-0.4, -0.2) is 44.5 Å². The molecule has 0 aromatic carbocycles. The monoisotopic (exact) mass is 169 g/mol. The van der Waals surface area contributed by atoms with E-state index >= 15 is 0 Å². The number of rotatable bonds is 0. The zero-order valence-corrected chi connectivity index (χ0v) is 5.34. The van der Waals surface area contributed by atoms with Gasteiger partial charge in [0.25, 0.3) is 0 Å². The third-order valence-electron chi connectivity index (χ3n) is 0.183. The molecule has 0 aromatic rings. The van der Waals surface area contributed by atoms with Gasteiger partial charge in [0, 0.05) is 0 Å². The highest BCUT2D eigenvalue weighted by molar-refractivity contribution is 6.30. The summed E-state index contributed by atoms with van der Waals surface area (Å²) in [6, 6.07) is 0. The highest BCUT2D eigenvalue weighted by Crippen LogP contribution is 1.56. The van der Waals surface area contributed by atoms with Crippen molar-refractivity contribution in [1.29, 1.82) is 0 Å². The molecule has 0 aliphatic rings. The molecule has 0 unspecified atom stereocenters. The van der Waals surface area contributed by atoms with Gasteiger partial charge in [0.1, 0.15) is 0 Å². The summed E-state index contributed by atoms with van der Waals surface area (Å²) in [5.41, 5.74) is 0. The van der Waals surface area contributed by atoms with Gasteiger partial charge in [0.05, 0.1) is 0 Å². The molecule has 0 aliphatic heterocycles. The van der Waals surface area contributed by atoms with Gasteiger partial charge in [-0.1, -0.05) is 0 Å². The van der Waals surface area contributed by atoms with Gasteiger partial charge < -0.3 is 31.4 Å². The van der Waals surface area contributed by atoms with Crippen molar-refractivity contribution in [1.82, 2.24) is 6.15 Å². The van der Waals surface area contributed by atoms with E-state index in [0.717, 1.165) is 0 Å². The van der Waals surface area contributed by atoms with Crippen molar-refractivity contribution in [3.8, 4) is 0 Å². The first-order valence-corrected chi connectivity index (χ1v) is 1.88. The fourth-order valence-corrected chi connectivity index (χ4v) is 0. The summed E-state index contributed by atoms with van der Waals surface area (Å²) >= 11 is 0. The van der Waals surface area contributed by atoms with Gasteiger partial charge in [0.15, 0.2) is 0 Å². The molecule has 0 amide bonds. The molecule has 0 radical (unpaired) electrons. The Balaban J connectivity index is -0.000000114. The summed E-state index contributed by atoms with van der Waals surface area (Å²) < 4.78 is 0. The second-order valence-electron chi connectivity index (χ2n) is 0.957. The molecule has 0 aromatic heterocycles. The minimum Gasteiger partial charge on any atom is -0.473 e. The molecular formula is C2H8BNO7. The molecule has 0 saturated heterocycles. The summed E-state index contributed by atoms with van der Waals surface area (Å²) in [4.78, 5) is 18.2. The first-order valence-electron chi connectivity index (χ1n) is 1.88. The van der Waals surface area contributed by atoms with Crippen molar-refractivity contribution in [2.45, 2.75) is 0 Å². The molecule has 0 bridgehead atoms. The van der Waals surface area contributed by atoms with Gasteiger partial charge in [0.2, 0.25) is 0 Å². The lowest BCUT2D eigenvalue weighted by Crippen LogP contribution is -2.09. The Morgan fingerprint density at radius 3 is 1.00 bits per heavy atom. The standard InChI is InChI=1S/C2H2O4.BH3O3.H3N/c3-1(4)2(5)6;2-1(3)4;/h(H,3,4)(H,5,6);2-4H;1H3. The van der Waals surface area contributed by atoms with Crippen molar-refractivity contribution >= 4 is 19.3 Å². The van der Waals surface area contributed by atoms with Crippen molar-refractivity contribution in [3.63, 3.8) is 0 Å². The highest BCUT2D eigenvalue weighted by Gasteiger charge is 2.04.